The van der Waals surface area contributed by atoms with Gasteiger partial charge in [0.25, 0.3) is 0 Å². The highest BCUT2D eigenvalue weighted by atomic mass is 32.2. The first kappa shape index (κ1) is 22.2. The van der Waals surface area contributed by atoms with Crippen molar-refractivity contribution in [3.63, 3.8) is 0 Å². The van der Waals surface area contributed by atoms with Gasteiger partial charge in [-0.2, -0.15) is 24.9 Å². The van der Waals surface area contributed by atoms with Gasteiger partial charge in [-0.3, -0.25) is 4.79 Å². The number of aliphatic carboxylic acids is 1. The lowest BCUT2D eigenvalue weighted by Gasteiger charge is -2.21. The molecule has 0 aliphatic heterocycles. The Morgan fingerprint density at radius 2 is 1.68 bits per heavy atom. The number of rotatable bonds is 9. The van der Waals surface area contributed by atoms with E-state index in [9.17, 15) is 22.4 Å². The van der Waals surface area contributed by atoms with Crippen LogP contribution in [-0.4, -0.2) is 34.8 Å². The van der Waals surface area contributed by atoms with Crippen LogP contribution in [0.5, 0.6) is 0 Å². The van der Waals surface area contributed by atoms with E-state index in [2.05, 4.69) is 0 Å². The largest absolute Gasteiger partial charge is 0.480 e. The molecular formula is C20H21F4NO2S. The molecule has 0 aliphatic carbocycles. The van der Waals surface area contributed by atoms with Crippen LogP contribution in [0, 0.1) is 5.82 Å². The summed E-state index contributed by atoms with van der Waals surface area (Å²) in [5.41, 5.74) is 6.76. The molecule has 0 aromatic heterocycles. The fourth-order valence-corrected chi connectivity index (χ4v) is 3.76. The summed E-state index contributed by atoms with van der Waals surface area (Å²) in [6.45, 7) is 0. The predicted molar refractivity (Wildman–Crippen MR) is 103 cm³/mol. The molecule has 2 unspecified atom stereocenters. The first-order chi connectivity index (χ1) is 13.2. The molecule has 0 heterocycles. The molecule has 0 fully saturated rings. The minimum atomic E-state index is -4.39. The average Bonchev–Trinajstić information content (AvgIpc) is 2.63. The van der Waals surface area contributed by atoms with E-state index < -0.39 is 29.9 Å². The highest BCUT2D eigenvalue weighted by molar-refractivity contribution is 7.99. The third-order valence-electron chi connectivity index (χ3n) is 4.31. The number of carboxylic acids is 1. The maximum absolute atomic E-state index is 13.5. The number of nitrogens with two attached hydrogens (primary N) is 1. The molecule has 2 aromatic carbocycles. The number of halogens is 4. The van der Waals surface area contributed by atoms with Crippen molar-refractivity contribution in [2.75, 3.05) is 11.5 Å². The Kier molecular flexibility index (Phi) is 7.88. The number of carboxylic acid groups (broad SMARTS) is 1. The van der Waals surface area contributed by atoms with Crippen molar-refractivity contribution in [2.45, 2.75) is 31.0 Å². The zero-order valence-electron chi connectivity index (χ0n) is 15.0. The molecule has 3 nitrogen and oxygen atoms in total. The van der Waals surface area contributed by atoms with E-state index in [1.807, 2.05) is 0 Å². The number of alkyl halides is 3. The van der Waals surface area contributed by atoms with Crippen molar-refractivity contribution in [3.8, 4) is 11.1 Å². The van der Waals surface area contributed by atoms with Crippen LogP contribution in [0.2, 0.25) is 0 Å². The van der Waals surface area contributed by atoms with Crippen molar-refractivity contribution in [3.05, 3.63) is 59.9 Å². The van der Waals surface area contributed by atoms with Crippen molar-refractivity contribution in [1.29, 1.82) is 0 Å². The number of benzene rings is 2. The van der Waals surface area contributed by atoms with Crippen molar-refractivity contribution in [1.82, 2.24) is 0 Å². The monoisotopic (exact) mass is 415 g/mol. The third kappa shape index (κ3) is 6.53. The van der Waals surface area contributed by atoms with E-state index in [-0.39, 0.29) is 24.2 Å². The van der Waals surface area contributed by atoms with E-state index in [0.29, 0.717) is 16.9 Å². The van der Waals surface area contributed by atoms with Crippen LogP contribution >= 0.6 is 11.8 Å². The average molecular weight is 415 g/mol. The molecule has 2 atom stereocenters. The summed E-state index contributed by atoms with van der Waals surface area (Å²) < 4.78 is 53.7. The standard InChI is InChI=1S/C20H21F4NO2S/c21-16-3-1-2-15(12-16)13-4-6-14(7-5-13)17(20(22,23)24)8-10-28-11-9-18(25)19(26)27/h1-7,12,17-18H,8-11,25H2,(H,26,27). The summed E-state index contributed by atoms with van der Waals surface area (Å²) >= 11 is 1.25. The smallest absolute Gasteiger partial charge is 0.395 e. The molecule has 2 rings (SSSR count). The molecule has 0 amide bonds. The lowest BCUT2D eigenvalue weighted by atomic mass is 9.93. The van der Waals surface area contributed by atoms with E-state index in [1.165, 1.54) is 36.0 Å². The maximum Gasteiger partial charge on any atom is 0.395 e. The molecule has 2 aromatic rings. The quantitative estimate of drug-likeness (QED) is 0.444. The lowest BCUT2D eigenvalue weighted by Crippen LogP contribution is -2.30. The summed E-state index contributed by atoms with van der Waals surface area (Å²) in [6, 6.07) is 10.8. The Balaban J connectivity index is 2.00. The molecule has 0 spiro atoms. The highest BCUT2D eigenvalue weighted by Crippen LogP contribution is 2.38. The molecule has 0 saturated heterocycles. The number of hydrogen-bond donors (Lipinski definition) is 2. The summed E-state index contributed by atoms with van der Waals surface area (Å²) in [7, 11) is 0. The minimum Gasteiger partial charge on any atom is -0.480 e. The van der Waals surface area contributed by atoms with E-state index >= 15 is 0 Å². The topological polar surface area (TPSA) is 63.3 Å². The normalized spacial score (nSPS) is 13.9. The van der Waals surface area contributed by atoms with Crippen molar-refractivity contribution < 1.29 is 27.5 Å². The fraction of sp³-hybridized carbons (Fsp3) is 0.350. The van der Waals surface area contributed by atoms with Gasteiger partial charge in [0, 0.05) is 0 Å². The van der Waals surface area contributed by atoms with Gasteiger partial charge in [0.05, 0.1) is 5.92 Å². The predicted octanol–water partition coefficient (Wildman–Crippen LogP) is 5.06. The van der Waals surface area contributed by atoms with Gasteiger partial charge in [-0.25, -0.2) is 4.39 Å². The molecule has 28 heavy (non-hydrogen) atoms. The zero-order valence-corrected chi connectivity index (χ0v) is 15.8. The van der Waals surface area contributed by atoms with Gasteiger partial charge in [0.1, 0.15) is 11.9 Å². The Morgan fingerprint density at radius 1 is 1.04 bits per heavy atom. The molecule has 3 N–H and O–H groups in total. The van der Waals surface area contributed by atoms with Crippen LogP contribution in [0.4, 0.5) is 17.6 Å². The van der Waals surface area contributed by atoms with Crippen LogP contribution in [0.25, 0.3) is 11.1 Å². The minimum absolute atomic E-state index is 0.115. The Labute approximate surface area is 164 Å². The summed E-state index contributed by atoms with van der Waals surface area (Å²) in [4.78, 5) is 10.6. The highest BCUT2D eigenvalue weighted by Gasteiger charge is 2.40. The van der Waals surface area contributed by atoms with E-state index in [0.717, 1.165) is 0 Å². The Bertz CT molecular complexity index is 781. The fourth-order valence-electron chi connectivity index (χ4n) is 2.73. The Morgan fingerprint density at radius 3 is 2.25 bits per heavy atom. The number of carbonyl (C=O) groups is 1. The zero-order chi connectivity index (χ0) is 20.7. The van der Waals surface area contributed by atoms with Gasteiger partial charge >= 0.3 is 12.1 Å². The molecule has 0 bridgehead atoms. The van der Waals surface area contributed by atoms with E-state index in [1.54, 1.807) is 24.3 Å². The van der Waals surface area contributed by atoms with Gasteiger partial charge in [0.2, 0.25) is 0 Å². The van der Waals surface area contributed by atoms with Crippen LogP contribution in [0.15, 0.2) is 48.5 Å². The first-order valence-corrected chi connectivity index (χ1v) is 9.82. The van der Waals surface area contributed by atoms with Crippen molar-refractivity contribution in [2.24, 2.45) is 5.73 Å². The second-order valence-corrected chi connectivity index (χ2v) is 7.59. The Hall–Kier alpha value is -2.06. The molecular weight excluding hydrogens is 394 g/mol. The summed E-state index contributed by atoms with van der Waals surface area (Å²) in [6.07, 6.45) is -4.30. The van der Waals surface area contributed by atoms with Crippen LogP contribution in [0.1, 0.15) is 24.3 Å². The van der Waals surface area contributed by atoms with Gasteiger partial charge in [-0.1, -0.05) is 36.4 Å². The van der Waals surface area contributed by atoms with Gasteiger partial charge in [0.15, 0.2) is 0 Å². The molecule has 8 heteroatoms. The summed E-state index contributed by atoms with van der Waals surface area (Å²) in [5, 5.41) is 8.70. The van der Waals surface area contributed by atoms with Gasteiger partial charge in [-0.15, -0.1) is 0 Å². The SMILES string of the molecule is NC(CCSCCC(c1ccc(-c2cccc(F)c2)cc1)C(F)(F)F)C(=O)O. The second-order valence-electron chi connectivity index (χ2n) is 6.36. The molecule has 0 radical (unpaired) electrons. The first-order valence-electron chi connectivity index (χ1n) is 8.67. The number of thioether (sulfide) groups is 1. The molecule has 0 saturated carbocycles. The van der Waals surface area contributed by atoms with Crippen LogP contribution in [-0.2, 0) is 4.79 Å². The number of hydrogen-bond acceptors (Lipinski definition) is 3. The third-order valence-corrected chi connectivity index (χ3v) is 5.36. The van der Waals surface area contributed by atoms with Gasteiger partial charge in [-0.05, 0) is 53.2 Å². The van der Waals surface area contributed by atoms with Gasteiger partial charge < -0.3 is 10.8 Å². The van der Waals surface area contributed by atoms with Crippen LogP contribution in [0.3, 0.4) is 0 Å². The van der Waals surface area contributed by atoms with E-state index in [4.69, 9.17) is 10.8 Å². The molecule has 0 aliphatic rings. The van der Waals surface area contributed by atoms with Crippen LogP contribution < -0.4 is 5.73 Å². The maximum atomic E-state index is 13.5. The van der Waals surface area contributed by atoms with Crippen molar-refractivity contribution >= 4 is 17.7 Å². The second kappa shape index (κ2) is 9.93. The summed E-state index contributed by atoms with van der Waals surface area (Å²) in [5.74, 6) is -2.52. The lowest BCUT2D eigenvalue weighted by molar-refractivity contribution is -0.150. The molecule has 152 valence electrons.